The molecule has 1 saturated carbocycles. The van der Waals surface area contributed by atoms with Gasteiger partial charge in [0, 0.05) is 17.1 Å². The van der Waals surface area contributed by atoms with Crippen LogP contribution in [0.3, 0.4) is 0 Å². The molecule has 0 amide bonds. The molecule has 0 atom stereocenters. The Morgan fingerprint density at radius 1 is 1.28 bits per heavy atom. The minimum Gasteiger partial charge on any atom is -0.207 e. The van der Waals surface area contributed by atoms with E-state index in [1.807, 2.05) is 13.0 Å². The number of benzene rings is 1. The normalized spacial score (nSPS) is 17.5. The van der Waals surface area contributed by atoms with Gasteiger partial charge in [0.1, 0.15) is 0 Å². The molecule has 1 aliphatic carbocycles. The van der Waals surface area contributed by atoms with E-state index in [1.54, 1.807) is 22.5 Å². The quantitative estimate of drug-likeness (QED) is 0.847. The number of nitrogens with zero attached hydrogens (tertiary/aromatic N) is 1. The number of halogens is 1. The molecular weight excluding hydrogens is 314 g/mol. The van der Waals surface area contributed by atoms with Gasteiger partial charge in [-0.05, 0) is 40.9 Å². The molecule has 1 fully saturated rings. The topological polar surface area (TPSA) is 37.4 Å². The molecule has 0 N–H and O–H groups in total. The van der Waals surface area contributed by atoms with Crippen molar-refractivity contribution in [3.8, 4) is 0 Å². The average Bonchev–Trinajstić information content (AvgIpc) is 2.83. The SMILES string of the molecule is CCN(C1CCCC1)S(=O)(=O)c1ccccc1Br. The third-order valence-corrected chi connectivity index (χ3v) is 6.51. The monoisotopic (exact) mass is 331 g/mol. The standard InChI is InChI=1S/C13H18BrNO2S/c1-2-15(11-7-3-4-8-11)18(16,17)13-10-6-5-9-12(13)14/h5-6,9-11H,2-4,7-8H2,1H3. The second kappa shape index (κ2) is 5.72. The van der Waals surface area contributed by atoms with Gasteiger partial charge in [0.25, 0.3) is 0 Å². The van der Waals surface area contributed by atoms with E-state index in [-0.39, 0.29) is 6.04 Å². The van der Waals surface area contributed by atoms with E-state index in [1.165, 1.54) is 0 Å². The van der Waals surface area contributed by atoms with Gasteiger partial charge in [-0.2, -0.15) is 4.31 Å². The lowest BCUT2D eigenvalue weighted by Gasteiger charge is -2.27. The molecule has 0 aromatic heterocycles. The molecular formula is C13H18BrNO2S. The van der Waals surface area contributed by atoms with Crippen molar-refractivity contribution in [1.29, 1.82) is 0 Å². The van der Waals surface area contributed by atoms with Crippen LogP contribution in [-0.4, -0.2) is 25.3 Å². The van der Waals surface area contributed by atoms with E-state index >= 15 is 0 Å². The van der Waals surface area contributed by atoms with Gasteiger partial charge in [-0.1, -0.05) is 31.9 Å². The first-order valence-electron chi connectivity index (χ1n) is 6.33. The summed E-state index contributed by atoms with van der Waals surface area (Å²) < 4.78 is 27.6. The average molecular weight is 332 g/mol. The lowest BCUT2D eigenvalue weighted by molar-refractivity contribution is 0.335. The van der Waals surface area contributed by atoms with Crippen molar-refractivity contribution in [2.24, 2.45) is 0 Å². The number of hydrogen-bond acceptors (Lipinski definition) is 2. The van der Waals surface area contributed by atoms with Crippen LogP contribution in [-0.2, 0) is 10.0 Å². The smallest absolute Gasteiger partial charge is 0.207 e. The summed E-state index contributed by atoms with van der Waals surface area (Å²) in [5.41, 5.74) is 0. The maximum Gasteiger partial charge on any atom is 0.244 e. The van der Waals surface area contributed by atoms with E-state index in [0.717, 1.165) is 25.7 Å². The molecule has 0 radical (unpaired) electrons. The Kier molecular flexibility index (Phi) is 4.45. The molecule has 5 heteroatoms. The lowest BCUT2D eigenvalue weighted by atomic mass is 10.2. The van der Waals surface area contributed by atoms with Gasteiger partial charge in [0.15, 0.2) is 0 Å². The number of rotatable bonds is 4. The summed E-state index contributed by atoms with van der Waals surface area (Å²) in [5.74, 6) is 0. The van der Waals surface area contributed by atoms with Gasteiger partial charge in [0.05, 0.1) is 4.90 Å². The van der Waals surface area contributed by atoms with Gasteiger partial charge >= 0.3 is 0 Å². The Morgan fingerprint density at radius 3 is 2.44 bits per heavy atom. The molecule has 100 valence electrons. The van der Waals surface area contributed by atoms with Crippen molar-refractivity contribution in [2.45, 2.75) is 43.5 Å². The van der Waals surface area contributed by atoms with Crippen LogP contribution in [0.5, 0.6) is 0 Å². The van der Waals surface area contributed by atoms with E-state index in [2.05, 4.69) is 15.9 Å². The van der Waals surface area contributed by atoms with Crippen LogP contribution < -0.4 is 0 Å². The highest BCUT2D eigenvalue weighted by Gasteiger charge is 2.32. The Morgan fingerprint density at radius 2 is 1.89 bits per heavy atom. The fraction of sp³-hybridized carbons (Fsp3) is 0.538. The highest BCUT2D eigenvalue weighted by molar-refractivity contribution is 9.10. The van der Waals surface area contributed by atoms with Crippen LogP contribution in [0.1, 0.15) is 32.6 Å². The fourth-order valence-corrected chi connectivity index (χ4v) is 5.26. The molecule has 0 unspecified atom stereocenters. The first-order valence-corrected chi connectivity index (χ1v) is 8.57. The van der Waals surface area contributed by atoms with Crippen molar-refractivity contribution in [3.63, 3.8) is 0 Å². The summed E-state index contributed by atoms with van der Waals surface area (Å²) in [4.78, 5) is 0.374. The van der Waals surface area contributed by atoms with Crippen molar-refractivity contribution < 1.29 is 8.42 Å². The first-order chi connectivity index (χ1) is 8.57. The van der Waals surface area contributed by atoms with Gasteiger partial charge < -0.3 is 0 Å². The Balaban J connectivity index is 2.37. The lowest BCUT2D eigenvalue weighted by Crippen LogP contribution is -2.38. The molecule has 0 heterocycles. The summed E-state index contributed by atoms with van der Waals surface area (Å²) in [7, 11) is -3.38. The van der Waals surface area contributed by atoms with E-state index in [4.69, 9.17) is 0 Å². The van der Waals surface area contributed by atoms with Crippen molar-refractivity contribution >= 4 is 26.0 Å². The van der Waals surface area contributed by atoms with Gasteiger partial charge in [-0.25, -0.2) is 8.42 Å². The Labute approximate surface area is 117 Å². The molecule has 0 spiro atoms. The Hall–Kier alpha value is -0.390. The zero-order chi connectivity index (χ0) is 13.2. The summed E-state index contributed by atoms with van der Waals surface area (Å²) >= 11 is 3.33. The summed E-state index contributed by atoms with van der Waals surface area (Å²) in [6.45, 7) is 2.45. The zero-order valence-corrected chi connectivity index (χ0v) is 12.9. The van der Waals surface area contributed by atoms with Crippen LogP contribution in [0.4, 0.5) is 0 Å². The third kappa shape index (κ3) is 2.63. The largest absolute Gasteiger partial charge is 0.244 e. The molecule has 1 aromatic rings. The summed E-state index contributed by atoms with van der Waals surface area (Å²) in [6, 6.07) is 7.20. The minimum atomic E-state index is -3.38. The van der Waals surface area contributed by atoms with E-state index in [9.17, 15) is 8.42 Å². The van der Waals surface area contributed by atoms with E-state index in [0.29, 0.717) is 15.9 Å². The van der Waals surface area contributed by atoms with Crippen LogP contribution >= 0.6 is 15.9 Å². The zero-order valence-electron chi connectivity index (χ0n) is 10.5. The molecule has 0 aliphatic heterocycles. The van der Waals surface area contributed by atoms with Crippen molar-refractivity contribution in [2.75, 3.05) is 6.54 Å². The van der Waals surface area contributed by atoms with Crippen molar-refractivity contribution in [3.05, 3.63) is 28.7 Å². The van der Waals surface area contributed by atoms with Gasteiger partial charge in [0.2, 0.25) is 10.0 Å². The van der Waals surface area contributed by atoms with Crippen LogP contribution in [0.25, 0.3) is 0 Å². The maximum absolute atomic E-state index is 12.7. The minimum absolute atomic E-state index is 0.173. The highest BCUT2D eigenvalue weighted by Crippen LogP contribution is 2.31. The molecule has 1 aromatic carbocycles. The molecule has 18 heavy (non-hydrogen) atoms. The van der Waals surface area contributed by atoms with Crippen molar-refractivity contribution in [1.82, 2.24) is 4.31 Å². The van der Waals surface area contributed by atoms with E-state index < -0.39 is 10.0 Å². The second-order valence-corrected chi connectivity index (χ2v) is 7.29. The molecule has 0 bridgehead atoms. The Bertz CT molecular complexity index is 509. The summed E-state index contributed by atoms with van der Waals surface area (Å²) in [6.07, 6.45) is 4.23. The van der Waals surface area contributed by atoms with Crippen LogP contribution in [0.2, 0.25) is 0 Å². The summed E-state index contributed by atoms with van der Waals surface area (Å²) in [5, 5.41) is 0. The third-order valence-electron chi connectivity index (χ3n) is 3.47. The maximum atomic E-state index is 12.7. The van der Waals surface area contributed by atoms with Crippen LogP contribution in [0.15, 0.2) is 33.6 Å². The molecule has 2 rings (SSSR count). The highest BCUT2D eigenvalue weighted by atomic mass is 79.9. The van der Waals surface area contributed by atoms with Crippen LogP contribution in [0, 0.1) is 0 Å². The molecule has 3 nitrogen and oxygen atoms in total. The van der Waals surface area contributed by atoms with Gasteiger partial charge in [-0.3, -0.25) is 0 Å². The number of hydrogen-bond donors (Lipinski definition) is 0. The number of sulfonamides is 1. The predicted molar refractivity (Wildman–Crippen MR) is 76.0 cm³/mol. The van der Waals surface area contributed by atoms with Gasteiger partial charge in [-0.15, -0.1) is 0 Å². The molecule has 1 aliphatic rings. The first kappa shape index (κ1) is 14.0. The second-order valence-electron chi connectivity index (χ2n) is 4.58. The predicted octanol–water partition coefficient (Wildman–Crippen LogP) is 3.40. The fourth-order valence-electron chi connectivity index (χ4n) is 2.60. The molecule has 0 saturated heterocycles.